The van der Waals surface area contributed by atoms with E-state index in [9.17, 15) is 62.3 Å². The van der Waals surface area contributed by atoms with Crippen molar-refractivity contribution in [1.82, 2.24) is 9.05 Å². The van der Waals surface area contributed by atoms with Gasteiger partial charge in [-0.25, -0.2) is 9.36 Å². The second-order valence-corrected chi connectivity index (χ2v) is 28.1. The number of hydrogen-bond acceptors (Lipinski definition) is 9. The van der Waals surface area contributed by atoms with Gasteiger partial charge in [-0.05, 0) is 219 Å². The lowest BCUT2D eigenvalue weighted by Gasteiger charge is -2.44. The van der Waals surface area contributed by atoms with Gasteiger partial charge in [-0.3, -0.25) is 28.0 Å². The number of aliphatic imine (C=N–C) groups is 1. The second-order valence-electron chi connectivity index (χ2n) is 28.1. The molecule has 11 nitrogen and oxygen atoms in total. The molecule has 636 valence electrons. The van der Waals surface area contributed by atoms with E-state index in [1.165, 1.54) is 45.9 Å². The van der Waals surface area contributed by atoms with E-state index in [-0.39, 0.29) is 111 Å². The number of esters is 2. The number of carbonyl (C=O) groups is 2. The molecule has 3 heterocycles. The van der Waals surface area contributed by atoms with Crippen LogP contribution in [0.15, 0.2) is 165 Å². The highest BCUT2D eigenvalue weighted by Gasteiger charge is 2.53. The zero-order valence-electron chi connectivity index (χ0n) is 63.0. The Balaban J connectivity index is 1.13. The van der Waals surface area contributed by atoms with Crippen LogP contribution in [0.2, 0.25) is 0 Å². The SMILES string of the molecule is CCN=C(C)CC(c1c(-c2cc(C(F)(F)F)cc(C(F)(F)F)c2)cc(OC(=O)Cc2ccc(-n3c(=O)c4cc(-c5cc(C(F)(F)F)cc(C(F)(F)F)c5)c5oc6ccccc6c6c(-c7cc(C(F)(F)F)cc(C(F)(F)F)c7)cc(c3=O)c4c56)cc2)cc1-c1cc(C(F)(F)F)cc(C(F)(F)F)c1)(c1c(C)c(C(=O)OCC)c(C)n1B(F)F)[C@@H](C)OCC. The predicted molar refractivity (Wildman–Crippen MR) is 393 cm³/mol. The molecule has 0 aliphatic carbocycles. The fourth-order valence-electron chi connectivity index (χ4n) is 15.5. The van der Waals surface area contributed by atoms with Crippen LogP contribution in [0.3, 0.4) is 0 Å². The van der Waals surface area contributed by atoms with Crippen molar-refractivity contribution in [3.8, 4) is 55.9 Å². The standard InChI is InChI=1S/C83H56BF26N3O8/c1-8-111-37(4)36-75(40(7)118-9-2,71-38(5)65(74(117)119-10-3)39(6)113(71)84(109)110)69-58(43-22-48(78(91,92)93)29-49(23-43)79(94,95)96)32-55(33-59(69)44-24-50(80(97,98)99)30-51(25-44)81(100,101)102)120-64(114)19-41-15-17-54(18-16-41)112-72(115)61-34-57(42-20-46(76(85,86)87)28-47(21-42)77(88,89)90)66-56-13-11-12-14-63(56)121-70-60(35-62(73(112)116)67(61)68(66)70)45-26-52(82(103,104)105)31-53(27-45)83(106,107)108/h11-18,20-35,40H,8-10,19,36H2,1-7H3/t40-,75?/m1/s1. The third kappa shape index (κ3) is 16.9. The molecule has 0 saturated heterocycles. The molecule has 1 unspecified atom stereocenters. The lowest BCUT2D eigenvalue weighted by molar-refractivity contribution is -0.144. The zero-order valence-corrected chi connectivity index (χ0v) is 63.0. The van der Waals surface area contributed by atoms with E-state index >= 15 is 70.9 Å². The van der Waals surface area contributed by atoms with Crippen molar-refractivity contribution in [3.63, 3.8) is 0 Å². The van der Waals surface area contributed by atoms with Crippen molar-refractivity contribution in [1.29, 1.82) is 0 Å². The molecule has 0 aliphatic heterocycles. The van der Waals surface area contributed by atoms with E-state index in [0.717, 1.165) is 57.2 Å². The van der Waals surface area contributed by atoms with Crippen LogP contribution in [0.25, 0.3) is 93.7 Å². The van der Waals surface area contributed by atoms with E-state index in [4.69, 9.17) is 18.6 Å². The average molecular weight is 1730 g/mol. The number of aromatic nitrogens is 2. The highest BCUT2D eigenvalue weighted by molar-refractivity contribution is 6.41. The summed E-state index contributed by atoms with van der Waals surface area (Å²) in [5.74, 6) is -4.11. The molecule has 0 spiro atoms. The third-order valence-corrected chi connectivity index (χ3v) is 20.4. The Morgan fingerprint density at radius 2 is 0.893 bits per heavy atom. The summed E-state index contributed by atoms with van der Waals surface area (Å²) in [6, 6.07) is 10.6. The van der Waals surface area contributed by atoms with E-state index in [1.807, 2.05) is 0 Å². The molecule has 2 atom stereocenters. The molecular formula is C83H56BF26N3O8. The number of carbonyl (C=O) groups excluding carboxylic acids is 2. The highest BCUT2D eigenvalue weighted by Crippen LogP contribution is 2.57. The van der Waals surface area contributed by atoms with E-state index < -0.39 is 278 Å². The van der Waals surface area contributed by atoms with Gasteiger partial charge in [0, 0.05) is 74.6 Å². The van der Waals surface area contributed by atoms with Gasteiger partial charge in [-0.15, -0.1) is 0 Å². The minimum atomic E-state index is -5.79. The van der Waals surface area contributed by atoms with Crippen molar-refractivity contribution in [2.75, 3.05) is 19.8 Å². The molecule has 0 saturated carbocycles. The van der Waals surface area contributed by atoms with Crippen LogP contribution in [0, 0.1) is 13.8 Å². The van der Waals surface area contributed by atoms with Crippen molar-refractivity contribution < 1.29 is 142 Å². The van der Waals surface area contributed by atoms with Crippen molar-refractivity contribution in [3.05, 3.63) is 244 Å². The summed E-state index contributed by atoms with van der Waals surface area (Å²) in [7, 11) is -3.86. The summed E-state index contributed by atoms with van der Waals surface area (Å²) >= 11 is 0. The Labute approximate surface area is 664 Å². The second kappa shape index (κ2) is 31.4. The maximum absolute atomic E-state index is 16.5. The van der Waals surface area contributed by atoms with Crippen LogP contribution in [0.4, 0.5) is 114 Å². The maximum Gasteiger partial charge on any atom is 0.677 e. The van der Waals surface area contributed by atoms with Crippen LogP contribution >= 0.6 is 0 Å². The molecule has 0 aliphatic rings. The Kier molecular flexibility index (Phi) is 23.0. The molecule has 12 aromatic rings. The minimum absolute atomic E-state index is 0.0385. The lowest BCUT2D eigenvalue weighted by Crippen LogP contribution is -2.46. The summed E-state index contributed by atoms with van der Waals surface area (Å²) in [5.41, 5.74) is -36.7. The molecule has 0 fully saturated rings. The van der Waals surface area contributed by atoms with Crippen molar-refractivity contribution >= 4 is 68.5 Å². The number of halogens is 26. The Morgan fingerprint density at radius 3 is 1.29 bits per heavy atom. The molecule has 12 rings (SSSR count). The van der Waals surface area contributed by atoms with Crippen molar-refractivity contribution in [2.24, 2.45) is 4.99 Å². The number of benzene rings is 9. The number of ether oxygens (including phenoxy) is 3. The minimum Gasteiger partial charge on any atom is -0.462 e. The summed E-state index contributed by atoms with van der Waals surface area (Å²) in [5, 5.41) is -3.48. The summed E-state index contributed by atoms with van der Waals surface area (Å²) in [4.78, 5) is 64.1. The van der Waals surface area contributed by atoms with E-state index in [0.29, 0.717) is 18.2 Å². The first-order valence-corrected chi connectivity index (χ1v) is 35.8. The fourth-order valence-corrected chi connectivity index (χ4v) is 15.5. The zero-order chi connectivity index (χ0) is 89.2. The van der Waals surface area contributed by atoms with Gasteiger partial charge in [0.05, 0.1) is 80.3 Å². The molecule has 9 aromatic carbocycles. The average Bonchev–Trinajstić information content (AvgIpc) is 1.61. The Bertz CT molecular complexity index is 6020. The molecule has 0 radical (unpaired) electrons. The van der Waals surface area contributed by atoms with E-state index in [1.54, 1.807) is 0 Å². The first kappa shape index (κ1) is 88.6. The van der Waals surface area contributed by atoms with Gasteiger partial charge >= 0.3 is 68.8 Å². The quantitative estimate of drug-likeness (QED) is 0.0149. The summed E-state index contributed by atoms with van der Waals surface area (Å²) in [6.07, 6.45) is -49.5. The highest BCUT2D eigenvalue weighted by atomic mass is 19.4. The number of fused-ring (bicyclic) bond motifs is 2. The molecule has 3 aromatic heterocycles. The van der Waals surface area contributed by atoms with Gasteiger partial charge in [0.1, 0.15) is 16.9 Å². The molecule has 0 N–H and O–H groups in total. The summed E-state index contributed by atoms with van der Waals surface area (Å²) in [6.45, 7) is 7.12. The van der Waals surface area contributed by atoms with Crippen LogP contribution < -0.4 is 15.9 Å². The van der Waals surface area contributed by atoms with Crippen LogP contribution in [-0.2, 0) is 75.5 Å². The van der Waals surface area contributed by atoms with Gasteiger partial charge in [-0.1, -0.05) is 30.3 Å². The molecule has 38 heteroatoms. The van der Waals surface area contributed by atoms with Gasteiger partial charge in [0.25, 0.3) is 11.1 Å². The van der Waals surface area contributed by atoms with Gasteiger partial charge < -0.3 is 23.1 Å². The number of para-hydroxylation sites is 1. The number of rotatable bonds is 19. The largest absolute Gasteiger partial charge is 0.677 e. The number of pyridine rings is 1. The van der Waals surface area contributed by atoms with Crippen molar-refractivity contribution in [2.45, 2.75) is 122 Å². The summed E-state index contributed by atoms with van der Waals surface area (Å²) < 4.78 is 418. The lowest BCUT2D eigenvalue weighted by atomic mass is 9.64. The fraction of sp³-hybridized carbons (Fsp3) is 0.265. The van der Waals surface area contributed by atoms with Gasteiger partial charge in [-0.2, -0.15) is 105 Å². The molecular weight excluding hydrogens is 1670 g/mol. The Morgan fingerprint density at radius 1 is 0.488 bits per heavy atom. The first-order valence-electron chi connectivity index (χ1n) is 35.8. The van der Waals surface area contributed by atoms with Crippen LogP contribution in [0.5, 0.6) is 5.75 Å². The topological polar surface area (TPSA) is 131 Å². The normalized spacial score (nSPS) is 13.9. The first-order chi connectivity index (χ1) is 56.0. The van der Waals surface area contributed by atoms with E-state index in [2.05, 4.69) is 4.99 Å². The molecule has 0 amide bonds. The van der Waals surface area contributed by atoms with Crippen LogP contribution in [0.1, 0.15) is 124 Å². The number of alkyl halides is 24. The third-order valence-electron chi connectivity index (χ3n) is 20.4. The monoisotopic (exact) mass is 1730 g/mol. The predicted octanol–water partition coefficient (Wildman–Crippen LogP) is 24.8. The Hall–Kier alpha value is -11.7. The smallest absolute Gasteiger partial charge is 0.462 e. The maximum atomic E-state index is 16.5. The number of hydrogen-bond donors (Lipinski definition) is 0. The molecule has 0 bridgehead atoms. The number of nitrogens with zero attached hydrogens (tertiary/aromatic N) is 3. The van der Waals surface area contributed by atoms with Gasteiger partial charge in [0.2, 0.25) is 0 Å². The van der Waals surface area contributed by atoms with Gasteiger partial charge in [0.15, 0.2) is 0 Å². The van der Waals surface area contributed by atoms with Crippen LogP contribution in [-0.4, -0.2) is 60.0 Å². The molecule has 121 heavy (non-hydrogen) atoms.